The van der Waals surface area contributed by atoms with E-state index in [0.717, 1.165) is 11.3 Å². The number of hydrogen-bond donors (Lipinski definition) is 0. The number of methoxy groups -OCH3 is 2. The van der Waals surface area contributed by atoms with Crippen LogP contribution >= 0.6 is 0 Å². The lowest BCUT2D eigenvalue weighted by molar-refractivity contribution is 0.355. The Morgan fingerprint density at radius 1 is 1.06 bits per heavy atom. The van der Waals surface area contributed by atoms with E-state index in [1.54, 1.807) is 32.5 Å². The molecule has 0 N–H and O–H groups in total. The van der Waals surface area contributed by atoms with Gasteiger partial charge in [0, 0.05) is 11.8 Å². The van der Waals surface area contributed by atoms with Crippen molar-refractivity contribution in [3.63, 3.8) is 0 Å². The number of aromatic nitrogens is 1. The standard InChI is InChI=1S/C14H12N2O2/c1-17-13-4-3-11(8-14(13)18-2)12-7-10(9-15)5-6-16-12/h3-8H,1-2H3. The van der Waals surface area contributed by atoms with Crippen molar-refractivity contribution in [2.45, 2.75) is 0 Å². The lowest BCUT2D eigenvalue weighted by atomic mass is 10.1. The highest BCUT2D eigenvalue weighted by molar-refractivity contribution is 5.65. The van der Waals surface area contributed by atoms with Crippen LogP contribution in [0.15, 0.2) is 36.5 Å². The molecule has 1 heterocycles. The molecular formula is C14H12N2O2. The minimum absolute atomic E-state index is 0.579. The topological polar surface area (TPSA) is 55.1 Å². The van der Waals surface area contributed by atoms with E-state index < -0.39 is 0 Å². The zero-order valence-electron chi connectivity index (χ0n) is 10.2. The van der Waals surface area contributed by atoms with E-state index in [4.69, 9.17) is 14.7 Å². The quantitative estimate of drug-likeness (QED) is 0.827. The first kappa shape index (κ1) is 11.9. The second-order valence-electron chi connectivity index (χ2n) is 3.61. The number of pyridine rings is 1. The third-order valence-corrected chi connectivity index (χ3v) is 2.57. The van der Waals surface area contributed by atoms with Crippen LogP contribution in [0.25, 0.3) is 11.3 Å². The predicted octanol–water partition coefficient (Wildman–Crippen LogP) is 2.64. The maximum atomic E-state index is 8.87. The van der Waals surface area contributed by atoms with Crippen LogP contribution in [0.3, 0.4) is 0 Å². The minimum atomic E-state index is 0.579. The molecule has 2 rings (SSSR count). The Morgan fingerprint density at radius 2 is 1.83 bits per heavy atom. The fraction of sp³-hybridized carbons (Fsp3) is 0.143. The van der Waals surface area contributed by atoms with Gasteiger partial charge in [0.1, 0.15) is 0 Å². The van der Waals surface area contributed by atoms with Crippen LogP contribution in [0, 0.1) is 11.3 Å². The summed E-state index contributed by atoms with van der Waals surface area (Å²) < 4.78 is 10.4. The summed E-state index contributed by atoms with van der Waals surface area (Å²) in [6.07, 6.45) is 1.62. The molecule has 0 aliphatic heterocycles. The second-order valence-corrected chi connectivity index (χ2v) is 3.61. The number of rotatable bonds is 3. The van der Waals surface area contributed by atoms with E-state index in [-0.39, 0.29) is 0 Å². The third-order valence-electron chi connectivity index (χ3n) is 2.57. The van der Waals surface area contributed by atoms with Gasteiger partial charge >= 0.3 is 0 Å². The molecule has 2 aromatic rings. The molecule has 0 unspecified atom stereocenters. The van der Waals surface area contributed by atoms with Crippen LogP contribution in [0.4, 0.5) is 0 Å². The average Bonchev–Trinajstić information content (AvgIpc) is 2.46. The van der Waals surface area contributed by atoms with Gasteiger partial charge in [-0.25, -0.2) is 0 Å². The highest BCUT2D eigenvalue weighted by atomic mass is 16.5. The number of benzene rings is 1. The molecule has 0 aliphatic rings. The lowest BCUT2D eigenvalue weighted by Crippen LogP contribution is -1.92. The SMILES string of the molecule is COc1ccc(-c2cc(C#N)ccn2)cc1OC. The van der Waals surface area contributed by atoms with E-state index in [2.05, 4.69) is 11.1 Å². The van der Waals surface area contributed by atoms with E-state index in [1.807, 2.05) is 18.2 Å². The summed E-state index contributed by atoms with van der Waals surface area (Å²) in [7, 11) is 3.17. The molecule has 4 heteroatoms. The van der Waals surface area contributed by atoms with Crippen molar-refractivity contribution in [1.29, 1.82) is 5.26 Å². The van der Waals surface area contributed by atoms with E-state index >= 15 is 0 Å². The Balaban J connectivity index is 2.48. The van der Waals surface area contributed by atoms with Gasteiger partial charge in [-0.15, -0.1) is 0 Å². The number of nitriles is 1. The molecule has 0 spiro atoms. The molecule has 0 amide bonds. The monoisotopic (exact) mass is 240 g/mol. The molecule has 0 saturated carbocycles. The van der Waals surface area contributed by atoms with Gasteiger partial charge in [-0.3, -0.25) is 4.98 Å². The summed E-state index contributed by atoms with van der Waals surface area (Å²) in [6, 6.07) is 11.0. The molecule has 4 nitrogen and oxygen atoms in total. The second kappa shape index (κ2) is 5.19. The maximum absolute atomic E-state index is 8.87. The van der Waals surface area contributed by atoms with Crippen LogP contribution in [0.5, 0.6) is 11.5 Å². The first-order valence-electron chi connectivity index (χ1n) is 5.37. The summed E-state index contributed by atoms with van der Waals surface area (Å²) in [4.78, 5) is 4.24. The van der Waals surface area contributed by atoms with Crippen LogP contribution < -0.4 is 9.47 Å². The molecule has 0 bridgehead atoms. The van der Waals surface area contributed by atoms with Gasteiger partial charge in [-0.1, -0.05) is 0 Å². The van der Waals surface area contributed by atoms with Crippen LogP contribution in [-0.4, -0.2) is 19.2 Å². The van der Waals surface area contributed by atoms with Gasteiger partial charge in [-0.2, -0.15) is 5.26 Å². The molecule has 18 heavy (non-hydrogen) atoms. The summed E-state index contributed by atoms with van der Waals surface area (Å²) in [5.74, 6) is 1.30. The predicted molar refractivity (Wildman–Crippen MR) is 67.5 cm³/mol. The van der Waals surface area contributed by atoms with Gasteiger partial charge < -0.3 is 9.47 Å². The Kier molecular flexibility index (Phi) is 3.44. The number of hydrogen-bond acceptors (Lipinski definition) is 4. The Bertz CT molecular complexity index is 603. The highest BCUT2D eigenvalue weighted by Gasteiger charge is 2.07. The van der Waals surface area contributed by atoms with Gasteiger partial charge in [0.05, 0.1) is 31.5 Å². The fourth-order valence-electron chi connectivity index (χ4n) is 1.65. The molecule has 0 atom stereocenters. The molecular weight excluding hydrogens is 228 g/mol. The molecule has 1 aromatic heterocycles. The Labute approximate surface area is 105 Å². The van der Waals surface area contributed by atoms with Crippen molar-refractivity contribution in [3.8, 4) is 28.8 Å². The average molecular weight is 240 g/mol. The first-order valence-corrected chi connectivity index (χ1v) is 5.37. The van der Waals surface area contributed by atoms with E-state index in [1.165, 1.54) is 0 Å². The number of ether oxygens (including phenoxy) is 2. The summed E-state index contributed by atoms with van der Waals surface area (Å²) in [5.41, 5.74) is 2.19. The zero-order chi connectivity index (χ0) is 13.0. The summed E-state index contributed by atoms with van der Waals surface area (Å²) in [5, 5.41) is 8.87. The van der Waals surface area contributed by atoms with Crippen molar-refractivity contribution in [2.24, 2.45) is 0 Å². The maximum Gasteiger partial charge on any atom is 0.161 e. The van der Waals surface area contributed by atoms with Crippen molar-refractivity contribution in [1.82, 2.24) is 4.98 Å². The fourth-order valence-corrected chi connectivity index (χ4v) is 1.65. The van der Waals surface area contributed by atoms with E-state index in [9.17, 15) is 0 Å². The third kappa shape index (κ3) is 2.25. The smallest absolute Gasteiger partial charge is 0.161 e. The first-order chi connectivity index (χ1) is 8.78. The van der Waals surface area contributed by atoms with E-state index in [0.29, 0.717) is 17.1 Å². The molecule has 0 aliphatic carbocycles. The van der Waals surface area contributed by atoms with Gasteiger partial charge in [0.2, 0.25) is 0 Å². The highest BCUT2D eigenvalue weighted by Crippen LogP contribution is 2.31. The summed E-state index contributed by atoms with van der Waals surface area (Å²) in [6.45, 7) is 0. The number of nitrogens with zero attached hydrogens (tertiary/aromatic N) is 2. The van der Waals surface area contributed by atoms with Crippen molar-refractivity contribution in [3.05, 3.63) is 42.1 Å². The Hall–Kier alpha value is -2.54. The largest absolute Gasteiger partial charge is 0.493 e. The van der Waals surface area contributed by atoms with Crippen LogP contribution in [0.2, 0.25) is 0 Å². The Morgan fingerprint density at radius 3 is 2.50 bits per heavy atom. The molecule has 0 radical (unpaired) electrons. The van der Waals surface area contributed by atoms with Gasteiger partial charge in [0.25, 0.3) is 0 Å². The van der Waals surface area contributed by atoms with Crippen molar-refractivity contribution < 1.29 is 9.47 Å². The van der Waals surface area contributed by atoms with Gasteiger partial charge in [0.15, 0.2) is 11.5 Å². The normalized spacial score (nSPS) is 9.61. The summed E-state index contributed by atoms with van der Waals surface area (Å²) >= 11 is 0. The minimum Gasteiger partial charge on any atom is -0.493 e. The molecule has 1 aromatic carbocycles. The zero-order valence-corrected chi connectivity index (χ0v) is 10.2. The van der Waals surface area contributed by atoms with Crippen LogP contribution in [0.1, 0.15) is 5.56 Å². The van der Waals surface area contributed by atoms with Crippen molar-refractivity contribution >= 4 is 0 Å². The van der Waals surface area contributed by atoms with Gasteiger partial charge in [-0.05, 0) is 30.3 Å². The molecule has 90 valence electrons. The van der Waals surface area contributed by atoms with Crippen LogP contribution in [-0.2, 0) is 0 Å². The molecule has 0 saturated heterocycles. The lowest BCUT2D eigenvalue weighted by Gasteiger charge is -2.09. The molecule has 0 fully saturated rings. The van der Waals surface area contributed by atoms with Crippen molar-refractivity contribution in [2.75, 3.05) is 14.2 Å².